The van der Waals surface area contributed by atoms with E-state index < -0.39 is 0 Å². The van der Waals surface area contributed by atoms with Gasteiger partial charge in [-0.15, -0.1) is 0 Å². The van der Waals surface area contributed by atoms with Crippen molar-refractivity contribution in [1.82, 2.24) is 0 Å². The monoisotopic (exact) mass is 275 g/mol. The Morgan fingerprint density at radius 1 is 1.05 bits per heavy atom. The maximum Gasteiger partial charge on any atom is 0.125 e. The molecule has 2 aromatic carbocycles. The Morgan fingerprint density at radius 3 is 2.32 bits per heavy atom. The third-order valence-electron chi connectivity index (χ3n) is 3.03. The second-order valence-electron chi connectivity index (χ2n) is 4.68. The Morgan fingerprint density at radius 2 is 1.74 bits per heavy atom. The van der Waals surface area contributed by atoms with Crippen LogP contribution in [0.25, 0.3) is 0 Å². The van der Waals surface area contributed by atoms with Gasteiger partial charge in [-0.3, -0.25) is 0 Å². The van der Waals surface area contributed by atoms with Crippen LogP contribution in [0.15, 0.2) is 36.4 Å². The molecule has 2 aromatic rings. The maximum absolute atomic E-state index is 5.96. The lowest BCUT2D eigenvalue weighted by molar-refractivity contribution is 0.302. The molecule has 0 atom stereocenters. The Bertz CT molecular complexity index is 558. The van der Waals surface area contributed by atoms with Gasteiger partial charge in [-0.05, 0) is 48.2 Å². The van der Waals surface area contributed by atoms with Crippen LogP contribution in [0.5, 0.6) is 5.75 Å². The third-order valence-corrected chi connectivity index (χ3v) is 3.26. The average molecular weight is 276 g/mol. The van der Waals surface area contributed by atoms with Crippen molar-refractivity contribution >= 4 is 11.6 Å². The molecule has 19 heavy (non-hydrogen) atoms. The summed E-state index contributed by atoms with van der Waals surface area (Å²) in [5.41, 5.74) is 10.1. The molecule has 0 aliphatic heterocycles. The fourth-order valence-corrected chi connectivity index (χ4v) is 2.38. The molecule has 2 N–H and O–H groups in total. The van der Waals surface area contributed by atoms with E-state index in [1.54, 1.807) is 0 Å². The number of rotatable bonds is 4. The van der Waals surface area contributed by atoms with Gasteiger partial charge in [0.1, 0.15) is 12.4 Å². The molecule has 0 unspecified atom stereocenters. The van der Waals surface area contributed by atoms with Crippen LogP contribution in [0.3, 0.4) is 0 Å². The number of aryl methyl sites for hydroxylation is 2. The first-order chi connectivity index (χ1) is 9.10. The Hall–Kier alpha value is -1.51. The zero-order valence-corrected chi connectivity index (χ0v) is 12.0. The summed E-state index contributed by atoms with van der Waals surface area (Å²) in [6.45, 7) is 5.15. The van der Waals surface area contributed by atoms with Crippen LogP contribution in [-0.2, 0) is 13.2 Å². The minimum atomic E-state index is 0.518. The predicted molar refractivity (Wildman–Crippen MR) is 79.6 cm³/mol. The molecule has 0 radical (unpaired) electrons. The van der Waals surface area contributed by atoms with Crippen molar-refractivity contribution in [3.05, 3.63) is 63.7 Å². The summed E-state index contributed by atoms with van der Waals surface area (Å²) >= 11 is 5.96. The van der Waals surface area contributed by atoms with Crippen molar-refractivity contribution < 1.29 is 4.74 Å². The number of nitrogens with two attached hydrogens (primary N) is 1. The highest BCUT2D eigenvalue weighted by molar-refractivity contribution is 6.30. The zero-order valence-electron chi connectivity index (χ0n) is 11.2. The molecule has 2 nitrogen and oxygen atoms in total. The molecule has 0 saturated carbocycles. The fourth-order valence-electron chi connectivity index (χ4n) is 2.17. The van der Waals surface area contributed by atoms with E-state index in [4.69, 9.17) is 22.1 Å². The van der Waals surface area contributed by atoms with Crippen LogP contribution in [0.1, 0.15) is 22.3 Å². The molecule has 2 rings (SSSR count). The van der Waals surface area contributed by atoms with E-state index in [0.29, 0.717) is 13.2 Å². The summed E-state index contributed by atoms with van der Waals surface area (Å²) < 4.78 is 5.91. The SMILES string of the molecule is Cc1cc(CN)cc(C)c1OCc1cccc(Cl)c1. The first kappa shape index (κ1) is 13.9. The topological polar surface area (TPSA) is 35.2 Å². The van der Waals surface area contributed by atoms with Crippen LogP contribution in [0, 0.1) is 13.8 Å². The Labute approximate surface area is 119 Å². The van der Waals surface area contributed by atoms with E-state index in [1.807, 2.05) is 38.1 Å². The van der Waals surface area contributed by atoms with Gasteiger partial charge in [-0.2, -0.15) is 0 Å². The lowest BCUT2D eigenvalue weighted by Crippen LogP contribution is -2.02. The summed E-state index contributed by atoms with van der Waals surface area (Å²) in [6, 6.07) is 11.8. The molecule has 0 amide bonds. The summed E-state index contributed by atoms with van der Waals surface area (Å²) in [5.74, 6) is 0.928. The molecule has 0 saturated heterocycles. The third kappa shape index (κ3) is 3.49. The van der Waals surface area contributed by atoms with Gasteiger partial charge in [0, 0.05) is 11.6 Å². The van der Waals surface area contributed by atoms with Gasteiger partial charge in [-0.1, -0.05) is 35.9 Å². The second-order valence-corrected chi connectivity index (χ2v) is 5.12. The average Bonchev–Trinajstić information content (AvgIpc) is 2.37. The minimum absolute atomic E-state index is 0.518. The van der Waals surface area contributed by atoms with Crippen LogP contribution >= 0.6 is 11.6 Å². The van der Waals surface area contributed by atoms with Crippen LogP contribution in [-0.4, -0.2) is 0 Å². The van der Waals surface area contributed by atoms with Crippen molar-refractivity contribution in [3.63, 3.8) is 0 Å². The number of benzene rings is 2. The summed E-state index contributed by atoms with van der Waals surface area (Å²) in [7, 11) is 0. The number of ether oxygens (including phenoxy) is 1. The highest BCUT2D eigenvalue weighted by atomic mass is 35.5. The molecular weight excluding hydrogens is 258 g/mol. The molecule has 100 valence electrons. The molecule has 0 aliphatic rings. The Balaban J connectivity index is 2.16. The van der Waals surface area contributed by atoms with Gasteiger partial charge in [0.2, 0.25) is 0 Å². The van der Waals surface area contributed by atoms with E-state index in [9.17, 15) is 0 Å². The first-order valence-corrected chi connectivity index (χ1v) is 6.65. The molecule has 0 fully saturated rings. The highest BCUT2D eigenvalue weighted by Crippen LogP contribution is 2.26. The molecule has 3 heteroatoms. The zero-order chi connectivity index (χ0) is 13.8. The van der Waals surface area contributed by atoms with Gasteiger partial charge in [0.25, 0.3) is 0 Å². The van der Waals surface area contributed by atoms with Crippen molar-refractivity contribution in [2.75, 3.05) is 0 Å². The summed E-state index contributed by atoms with van der Waals surface area (Å²) in [5, 5.41) is 0.730. The minimum Gasteiger partial charge on any atom is -0.488 e. The quantitative estimate of drug-likeness (QED) is 0.915. The summed E-state index contributed by atoms with van der Waals surface area (Å²) in [4.78, 5) is 0. The van der Waals surface area contributed by atoms with Crippen molar-refractivity contribution in [3.8, 4) is 5.75 Å². The van der Waals surface area contributed by atoms with E-state index >= 15 is 0 Å². The number of hydrogen-bond acceptors (Lipinski definition) is 2. The van der Waals surface area contributed by atoms with Crippen LogP contribution in [0.4, 0.5) is 0 Å². The van der Waals surface area contributed by atoms with Gasteiger partial charge in [-0.25, -0.2) is 0 Å². The lowest BCUT2D eigenvalue weighted by atomic mass is 10.1. The van der Waals surface area contributed by atoms with Gasteiger partial charge in [0.15, 0.2) is 0 Å². The molecular formula is C16H18ClNO. The van der Waals surface area contributed by atoms with E-state index in [0.717, 1.165) is 33.0 Å². The molecule has 0 aromatic heterocycles. The standard InChI is InChI=1S/C16H18ClNO/c1-11-6-14(9-18)7-12(2)16(11)19-10-13-4-3-5-15(17)8-13/h3-8H,9-10,18H2,1-2H3. The van der Waals surface area contributed by atoms with E-state index in [1.165, 1.54) is 0 Å². The number of hydrogen-bond donors (Lipinski definition) is 1. The predicted octanol–water partition coefficient (Wildman–Crippen LogP) is 3.99. The van der Waals surface area contributed by atoms with Gasteiger partial charge < -0.3 is 10.5 Å². The normalized spacial score (nSPS) is 10.5. The van der Waals surface area contributed by atoms with E-state index in [2.05, 4.69) is 12.1 Å². The van der Waals surface area contributed by atoms with Crippen molar-refractivity contribution in [2.24, 2.45) is 5.73 Å². The molecule has 0 bridgehead atoms. The lowest BCUT2D eigenvalue weighted by Gasteiger charge is -2.14. The second kappa shape index (κ2) is 6.09. The summed E-state index contributed by atoms with van der Waals surface area (Å²) in [6.07, 6.45) is 0. The van der Waals surface area contributed by atoms with Crippen LogP contribution < -0.4 is 10.5 Å². The highest BCUT2D eigenvalue weighted by Gasteiger charge is 2.06. The first-order valence-electron chi connectivity index (χ1n) is 6.27. The van der Waals surface area contributed by atoms with E-state index in [-0.39, 0.29) is 0 Å². The molecule has 0 aliphatic carbocycles. The smallest absolute Gasteiger partial charge is 0.125 e. The fraction of sp³-hybridized carbons (Fsp3) is 0.250. The van der Waals surface area contributed by atoms with Gasteiger partial charge in [0.05, 0.1) is 0 Å². The Kier molecular flexibility index (Phi) is 4.46. The van der Waals surface area contributed by atoms with Gasteiger partial charge >= 0.3 is 0 Å². The number of halogens is 1. The van der Waals surface area contributed by atoms with Crippen LogP contribution in [0.2, 0.25) is 5.02 Å². The van der Waals surface area contributed by atoms with Crippen molar-refractivity contribution in [1.29, 1.82) is 0 Å². The maximum atomic E-state index is 5.96. The van der Waals surface area contributed by atoms with Crippen molar-refractivity contribution in [2.45, 2.75) is 27.0 Å². The molecule has 0 spiro atoms. The largest absolute Gasteiger partial charge is 0.488 e. The molecule has 0 heterocycles.